The first-order valence-electron chi connectivity index (χ1n) is 5.84. The number of aromatic amines is 1. The number of rotatable bonds is 2. The lowest BCUT2D eigenvalue weighted by Gasteiger charge is -2.04. The highest BCUT2D eigenvalue weighted by Crippen LogP contribution is 2.23. The van der Waals surface area contributed by atoms with E-state index < -0.39 is 0 Å². The smallest absolute Gasteiger partial charge is 0.276 e. The predicted molar refractivity (Wildman–Crippen MR) is 80.5 cm³/mol. The molecule has 2 aromatic carbocycles. The Balaban J connectivity index is 1.93. The van der Waals surface area contributed by atoms with Gasteiger partial charge >= 0.3 is 0 Å². The molecule has 3 rings (SSSR count). The molecule has 0 unspecified atom stereocenters. The second-order valence-electron chi connectivity index (χ2n) is 4.23. The molecule has 0 atom stereocenters. The summed E-state index contributed by atoms with van der Waals surface area (Å²) in [4.78, 5) is 12.2. The molecule has 0 spiro atoms. The standard InChI is InChI=1S/C14H9Cl2N3O/c15-8-5-9(16)7-10(6-8)17-14(20)13-11-3-1-2-4-12(11)18-19-13/h1-7H,(H,17,20)(H,18,19). The highest BCUT2D eigenvalue weighted by Gasteiger charge is 2.14. The summed E-state index contributed by atoms with van der Waals surface area (Å²) in [5.41, 5.74) is 1.66. The number of carbonyl (C=O) groups excluding carboxylic acids is 1. The van der Waals surface area contributed by atoms with Crippen molar-refractivity contribution in [2.45, 2.75) is 0 Å². The molecule has 0 bridgehead atoms. The van der Waals surface area contributed by atoms with Crippen LogP contribution in [0.3, 0.4) is 0 Å². The monoisotopic (exact) mass is 305 g/mol. The van der Waals surface area contributed by atoms with Gasteiger partial charge in [-0.1, -0.05) is 41.4 Å². The van der Waals surface area contributed by atoms with Gasteiger partial charge in [-0.2, -0.15) is 5.10 Å². The van der Waals surface area contributed by atoms with Crippen LogP contribution in [-0.2, 0) is 0 Å². The third kappa shape index (κ3) is 2.48. The fourth-order valence-corrected chi connectivity index (χ4v) is 2.48. The lowest BCUT2D eigenvalue weighted by Crippen LogP contribution is -2.12. The van der Waals surface area contributed by atoms with Gasteiger partial charge in [-0.05, 0) is 24.3 Å². The number of H-pyrrole nitrogens is 1. The molecule has 0 fully saturated rings. The molecule has 0 aliphatic carbocycles. The zero-order valence-electron chi connectivity index (χ0n) is 10.2. The summed E-state index contributed by atoms with van der Waals surface area (Å²) in [6.45, 7) is 0. The zero-order chi connectivity index (χ0) is 14.1. The first-order chi connectivity index (χ1) is 9.63. The van der Waals surface area contributed by atoms with E-state index in [4.69, 9.17) is 23.2 Å². The first kappa shape index (κ1) is 13.0. The van der Waals surface area contributed by atoms with Gasteiger partial charge in [0.25, 0.3) is 5.91 Å². The third-order valence-electron chi connectivity index (χ3n) is 2.81. The fourth-order valence-electron chi connectivity index (χ4n) is 1.95. The lowest BCUT2D eigenvalue weighted by molar-refractivity contribution is 0.102. The largest absolute Gasteiger partial charge is 0.320 e. The Bertz CT molecular complexity index is 778. The average molecular weight is 306 g/mol. The highest BCUT2D eigenvalue weighted by atomic mass is 35.5. The maximum absolute atomic E-state index is 12.2. The van der Waals surface area contributed by atoms with Gasteiger partial charge in [0, 0.05) is 21.1 Å². The number of aromatic nitrogens is 2. The quantitative estimate of drug-likeness (QED) is 0.748. The van der Waals surface area contributed by atoms with E-state index in [1.807, 2.05) is 24.3 Å². The number of carbonyl (C=O) groups is 1. The number of para-hydroxylation sites is 1. The average Bonchev–Trinajstić information content (AvgIpc) is 2.81. The zero-order valence-corrected chi connectivity index (χ0v) is 11.7. The molecule has 0 saturated carbocycles. The van der Waals surface area contributed by atoms with Crippen molar-refractivity contribution in [2.75, 3.05) is 5.32 Å². The number of nitrogens with zero attached hydrogens (tertiary/aromatic N) is 1. The summed E-state index contributed by atoms with van der Waals surface area (Å²) in [6, 6.07) is 12.3. The van der Waals surface area contributed by atoms with Gasteiger partial charge in [-0.25, -0.2) is 0 Å². The molecule has 0 radical (unpaired) electrons. The topological polar surface area (TPSA) is 57.8 Å². The lowest BCUT2D eigenvalue weighted by atomic mass is 10.2. The molecule has 0 aliphatic rings. The van der Waals surface area contributed by atoms with E-state index in [1.54, 1.807) is 18.2 Å². The normalized spacial score (nSPS) is 10.7. The molecule has 100 valence electrons. The SMILES string of the molecule is O=C(Nc1cc(Cl)cc(Cl)c1)c1n[nH]c2ccccc12. The van der Waals surface area contributed by atoms with E-state index in [1.165, 1.54) is 0 Å². The van der Waals surface area contributed by atoms with Gasteiger partial charge in [-0.3, -0.25) is 9.89 Å². The van der Waals surface area contributed by atoms with Crippen LogP contribution in [0.25, 0.3) is 10.9 Å². The molecule has 1 amide bonds. The Morgan fingerprint density at radius 3 is 2.55 bits per heavy atom. The van der Waals surface area contributed by atoms with Crippen molar-refractivity contribution in [3.8, 4) is 0 Å². The van der Waals surface area contributed by atoms with Crippen LogP contribution in [0.2, 0.25) is 10.0 Å². The van der Waals surface area contributed by atoms with Crippen molar-refractivity contribution in [1.29, 1.82) is 0 Å². The van der Waals surface area contributed by atoms with E-state index in [9.17, 15) is 4.79 Å². The van der Waals surface area contributed by atoms with Crippen LogP contribution in [0.1, 0.15) is 10.5 Å². The summed E-state index contributed by atoms with van der Waals surface area (Å²) < 4.78 is 0. The van der Waals surface area contributed by atoms with Crippen LogP contribution in [0.4, 0.5) is 5.69 Å². The molecule has 1 aromatic heterocycles. The Morgan fingerprint density at radius 2 is 1.80 bits per heavy atom. The Labute approximate surface area is 124 Å². The second kappa shape index (κ2) is 5.15. The second-order valence-corrected chi connectivity index (χ2v) is 5.10. The van der Waals surface area contributed by atoms with Crippen molar-refractivity contribution in [3.05, 3.63) is 58.2 Å². The Morgan fingerprint density at radius 1 is 1.10 bits per heavy atom. The molecule has 0 aliphatic heterocycles. The van der Waals surface area contributed by atoms with E-state index in [0.29, 0.717) is 21.4 Å². The minimum Gasteiger partial charge on any atom is -0.320 e. The van der Waals surface area contributed by atoms with E-state index in [-0.39, 0.29) is 5.91 Å². The molecule has 2 N–H and O–H groups in total. The molecule has 20 heavy (non-hydrogen) atoms. The minimum atomic E-state index is -0.319. The van der Waals surface area contributed by atoms with Gasteiger partial charge in [0.2, 0.25) is 0 Å². The summed E-state index contributed by atoms with van der Waals surface area (Å²) in [5, 5.41) is 11.3. The molecular formula is C14H9Cl2N3O. The molecule has 0 saturated heterocycles. The van der Waals surface area contributed by atoms with Crippen LogP contribution in [0, 0.1) is 0 Å². The Hall–Kier alpha value is -2.04. The van der Waals surface area contributed by atoms with Crippen molar-refractivity contribution in [2.24, 2.45) is 0 Å². The van der Waals surface area contributed by atoms with Gasteiger partial charge < -0.3 is 5.32 Å². The van der Waals surface area contributed by atoms with Crippen molar-refractivity contribution in [3.63, 3.8) is 0 Å². The van der Waals surface area contributed by atoms with Crippen LogP contribution >= 0.6 is 23.2 Å². The summed E-state index contributed by atoms with van der Waals surface area (Å²) in [5.74, 6) is -0.319. The Kier molecular flexibility index (Phi) is 3.34. The van der Waals surface area contributed by atoms with E-state index in [2.05, 4.69) is 15.5 Å². The molecule has 1 heterocycles. The number of amides is 1. The first-order valence-corrected chi connectivity index (χ1v) is 6.59. The fraction of sp³-hybridized carbons (Fsp3) is 0. The van der Waals surface area contributed by atoms with Crippen LogP contribution < -0.4 is 5.32 Å². The van der Waals surface area contributed by atoms with Crippen molar-refractivity contribution in [1.82, 2.24) is 10.2 Å². The van der Waals surface area contributed by atoms with Crippen molar-refractivity contribution < 1.29 is 4.79 Å². The van der Waals surface area contributed by atoms with Crippen molar-refractivity contribution >= 4 is 45.7 Å². The maximum Gasteiger partial charge on any atom is 0.276 e. The summed E-state index contributed by atoms with van der Waals surface area (Å²) >= 11 is 11.8. The number of benzene rings is 2. The summed E-state index contributed by atoms with van der Waals surface area (Å²) in [6.07, 6.45) is 0. The highest BCUT2D eigenvalue weighted by molar-refractivity contribution is 6.35. The minimum absolute atomic E-state index is 0.319. The van der Waals surface area contributed by atoms with E-state index in [0.717, 1.165) is 10.9 Å². The molecule has 3 aromatic rings. The summed E-state index contributed by atoms with van der Waals surface area (Å²) in [7, 11) is 0. The van der Waals surface area contributed by atoms with Crippen LogP contribution in [-0.4, -0.2) is 16.1 Å². The molecule has 4 nitrogen and oxygen atoms in total. The van der Waals surface area contributed by atoms with Crippen LogP contribution in [0.5, 0.6) is 0 Å². The third-order valence-corrected chi connectivity index (χ3v) is 3.24. The number of fused-ring (bicyclic) bond motifs is 1. The predicted octanol–water partition coefficient (Wildman–Crippen LogP) is 4.12. The van der Waals surface area contributed by atoms with Gasteiger partial charge in [-0.15, -0.1) is 0 Å². The van der Waals surface area contributed by atoms with Gasteiger partial charge in [0.15, 0.2) is 5.69 Å². The molecule has 6 heteroatoms. The maximum atomic E-state index is 12.2. The number of hydrogen-bond donors (Lipinski definition) is 2. The number of anilines is 1. The number of halogens is 2. The van der Waals surface area contributed by atoms with Gasteiger partial charge in [0.1, 0.15) is 0 Å². The van der Waals surface area contributed by atoms with Crippen LogP contribution in [0.15, 0.2) is 42.5 Å². The number of nitrogens with one attached hydrogen (secondary N) is 2. The molecular weight excluding hydrogens is 297 g/mol. The number of hydrogen-bond acceptors (Lipinski definition) is 2. The van der Waals surface area contributed by atoms with E-state index >= 15 is 0 Å². The van der Waals surface area contributed by atoms with Gasteiger partial charge in [0.05, 0.1) is 5.52 Å².